The molecule has 7 heteroatoms. The Kier molecular flexibility index (Phi) is 7.06. The Morgan fingerprint density at radius 2 is 1.82 bits per heavy atom. The van der Waals surface area contributed by atoms with Gasteiger partial charge in [-0.05, 0) is 49.6 Å². The average molecular weight is 414 g/mol. The third kappa shape index (κ3) is 5.56. The Morgan fingerprint density at radius 1 is 1.07 bits per heavy atom. The first-order valence-corrected chi connectivity index (χ1v) is 10.6. The van der Waals surface area contributed by atoms with E-state index in [2.05, 4.69) is 15.5 Å². The molecule has 1 aliphatic rings. The van der Waals surface area contributed by atoms with Crippen LogP contribution in [0.2, 0.25) is 0 Å². The van der Waals surface area contributed by atoms with Gasteiger partial charge in [0.1, 0.15) is 4.32 Å². The number of nitrogens with zero attached hydrogens (tertiary/aromatic N) is 1. The number of rotatable bonds is 5. The van der Waals surface area contributed by atoms with E-state index in [1.54, 1.807) is 24.3 Å². The fourth-order valence-corrected chi connectivity index (χ4v) is 4.07. The number of likely N-dealkylation sites (tertiary alicyclic amines) is 1. The molecule has 5 nitrogen and oxygen atoms in total. The van der Waals surface area contributed by atoms with Gasteiger partial charge in [-0.15, -0.1) is 0 Å². The Morgan fingerprint density at radius 3 is 2.57 bits per heavy atom. The van der Waals surface area contributed by atoms with Gasteiger partial charge in [-0.3, -0.25) is 9.59 Å². The lowest BCUT2D eigenvalue weighted by Gasteiger charge is -2.17. The van der Waals surface area contributed by atoms with Crippen molar-refractivity contribution in [2.75, 3.05) is 29.5 Å². The minimum Gasteiger partial charge on any atom is -0.358 e. The van der Waals surface area contributed by atoms with Gasteiger partial charge in [0.2, 0.25) is 5.91 Å². The molecule has 0 unspecified atom stereocenters. The molecule has 2 aromatic rings. The molecule has 1 fully saturated rings. The second-order valence-corrected chi connectivity index (χ2v) is 8.28. The Labute approximate surface area is 174 Å². The maximum atomic E-state index is 12.7. The molecule has 3 rings (SSSR count). The van der Waals surface area contributed by atoms with E-state index in [0.717, 1.165) is 41.5 Å². The van der Waals surface area contributed by atoms with E-state index in [0.29, 0.717) is 11.3 Å². The number of benzene rings is 2. The fraction of sp³-hybridized carbons (Fsp3) is 0.286. The normalized spacial score (nSPS) is 13.2. The zero-order valence-electron chi connectivity index (χ0n) is 15.7. The second kappa shape index (κ2) is 9.71. The zero-order chi connectivity index (χ0) is 19.9. The van der Waals surface area contributed by atoms with Gasteiger partial charge >= 0.3 is 0 Å². The van der Waals surface area contributed by atoms with Crippen LogP contribution in [0.25, 0.3) is 0 Å². The number of thioether (sulfide) groups is 1. The lowest BCUT2D eigenvalue weighted by Crippen LogP contribution is -2.25. The third-order valence-corrected chi connectivity index (χ3v) is 5.94. The van der Waals surface area contributed by atoms with Crippen molar-refractivity contribution >= 4 is 51.5 Å². The summed E-state index contributed by atoms with van der Waals surface area (Å²) >= 11 is 6.76. The quantitative estimate of drug-likeness (QED) is 0.716. The highest BCUT2D eigenvalue weighted by atomic mass is 32.2. The minimum atomic E-state index is -0.262. The van der Waals surface area contributed by atoms with Crippen molar-refractivity contribution in [3.05, 3.63) is 59.7 Å². The van der Waals surface area contributed by atoms with Crippen molar-refractivity contribution in [2.45, 2.75) is 19.8 Å². The van der Waals surface area contributed by atoms with Gasteiger partial charge in [-0.2, -0.15) is 0 Å². The van der Waals surface area contributed by atoms with Crippen molar-refractivity contribution in [1.29, 1.82) is 0 Å². The maximum Gasteiger partial charge on any atom is 0.257 e. The molecule has 1 heterocycles. The molecule has 0 aliphatic carbocycles. The van der Waals surface area contributed by atoms with Gasteiger partial charge < -0.3 is 15.5 Å². The number of carbonyl (C=O) groups excluding carboxylic acids is 2. The smallest absolute Gasteiger partial charge is 0.257 e. The maximum absolute atomic E-state index is 12.7. The molecule has 28 heavy (non-hydrogen) atoms. The largest absolute Gasteiger partial charge is 0.358 e. The summed E-state index contributed by atoms with van der Waals surface area (Å²) in [6.45, 7) is 3.90. The van der Waals surface area contributed by atoms with Gasteiger partial charge in [0, 0.05) is 18.8 Å². The topological polar surface area (TPSA) is 61.4 Å². The van der Waals surface area contributed by atoms with Gasteiger partial charge in [0.25, 0.3) is 5.91 Å². The van der Waals surface area contributed by atoms with Crippen LogP contribution in [0.15, 0.2) is 48.5 Å². The number of nitrogens with one attached hydrogen (secondary N) is 2. The summed E-state index contributed by atoms with van der Waals surface area (Å²) < 4.78 is 0.762. The first kappa shape index (κ1) is 20.4. The zero-order valence-corrected chi connectivity index (χ0v) is 17.4. The van der Waals surface area contributed by atoms with Crippen molar-refractivity contribution in [3.63, 3.8) is 0 Å². The molecular weight excluding hydrogens is 390 g/mol. The summed E-state index contributed by atoms with van der Waals surface area (Å²) in [5, 5.41) is 5.71. The highest BCUT2D eigenvalue weighted by Crippen LogP contribution is 2.20. The summed E-state index contributed by atoms with van der Waals surface area (Å²) in [4.78, 5) is 27.2. The van der Waals surface area contributed by atoms with Crippen LogP contribution in [-0.2, 0) is 4.79 Å². The van der Waals surface area contributed by atoms with Crippen LogP contribution in [0.3, 0.4) is 0 Å². The number of hydrogen-bond acceptors (Lipinski definition) is 4. The first-order chi connectivity index (χ1) is 13.5. The van der Waals surface area contributed by atoms with Crippen LogP contribution in [0.5, 0.6) is 0 Å². The lowest BCUT2D eigenvalue weighted by molar-refractivity contribution is -0.113. The SMILES string of the molecule is Cc1cccc(NC(=O)c2ccccc2NC(=O)CSC(=S)N2CCCC2)c1. The summed E-state index contributed by atoms with van der Waals surface area (Å²) in [5.74, 6) is -0.215. The first-order valence-electron chi connectivity index (χ1n) is 9.21. The molecule has 2 aromatic carbocycles. The molecular formula is C21H23N3O2S2. The number of thiocarbonyl (C=S) groups is 1. The van der Waals surface area contributed by atoms with Gasteiger partial charge in [0.15, 0.2) is 0 Å². The van der Waals surface area contributed by atoms with Crippen LogP contribution in [0.4, 0.5) is 11.4 Å². The Bertz CT molecular complexity index is 879. The van der Waals surface area contributed by atoms with E-state index in [4.69, 9.17) is 12.2 Å². The predicted octanol–water partition coefficient (Wildman–Crippen LogP) is 4.30. The van der Waals surface area contributed by atoms with Crippen LogP contribution in [-0.4, -0.2) is 39.9 Å². The van der Waals surface area contributed by atoms with Crippen LogP contribution in [0, 0.1) is 6.92 Å². The van der Waals surface area contributed by atoms with Crippen LogP contribution >= 0.6 is 24.0 Å². The molecule has 0 saturated carbocycles. The molecule has 0 aromatic heterocycles. The highest BCUT2D eigenvalue weighted by molar-refractivity contribution is 8.23. The molecule has 2 amide bonds. The van der Waals surface area contributed by atoms with Gasteiger partial charge in [-0.25, -0.2) is 0 Å². The number of hydrogen-bond donors (Lipinski definition) is 2. The monoisotopic (exact) mass is 413 g/mol. The van der Waals surface area contributed by atoms with Crippen molar-refractivity contribution < 1.29 is 9.59 Å². The molecule has 0 atom stereocenters. The Hall–Kier alpha value is -2.38. The van der Waals surface area contributed by atoms with E-state index in [1.165, 1.54) is 11.8 Å². The fourth-order valence-electron chi connectivity index (χ4n) is 3.02. The molecule has 1 aliphatic heterocycles. The standard InChI is InChI=1S/C21H23N3O2S2/c1-15-7-6-8-16(13-15)22-20(26)17-9-2-3-10-18(17)23-19(25)14-28-21(27)24-11-4-5-12-24/h2-3,6-10,13H,4-5,11-12,14H2,1H3,(H,22,26)(H,23,25). The molecule has 146 valence electrons. The summed E-state index contributed by atoms with van der Waals surface area (Å²) in [6, 6.07) is 14.6. The number of para-hydroxylation sites is 1. The highest BCUT2D eigenvalue weighted by Gasteiger charge is 2.17. The number of amides is 2. The molecule has 0 bridgehead atoms. The summed E-state index contributed by atoms with van der Waals surface area (Å²) in [5.41, 5.74) is 2.69. The van der Waals surface area contributed by atoms with Crippen molar-refractivity contribution in [2.24, 2.45) is 0 Å². The second-order valence-electron chi connectivity index (χ2n) is 6.67. The van der Waals surface area contributed by atoms with E-state index < -0.39 is 0 Å². The molecule has 0 radical (unpaired) electrons. The Balaban J connectivity index is 1.60. The van der Waals surface area contributed by atoms with Gasteiger partial charge in [0.05, 0.1) is 17.0 Å². The van der Waals surface area contributed by atoms with E-state index in [1.807, 2.05) is 31.2 Å². The lowest BCUT2D eigenvalue weighted by atomic mass is 10.1. The van der Waals surface area contributed by atoms with E-state index in [9.17, 15) is 9.59 Å². The summed E-state index contributed by atoms with van der Waals surface area (Å²) in [6.07, 6.45) is 2.30. The number of aryl methyl sites for hydroxylation is 1. The minimum absolute atomic E-state index is 0.178. The van der Waals surface area contributed by atoms with Gasteiger partial charge in [-0.1, -0.05) is 48.2 Å². The number of anilines is 2. The average Bonchev–Trinajstić information content (AvgIpc) is 3.21. The molecule has 0 spiro atoms. The van der Waals surface area contributed by atoms with Crippen LogP contribution < -0.4 is 10.6 Å². The molecule has 2 N–H and O–H groups in total. The van der Waals surface area contributed by atoms with E-state index >= 15 is 0 Å². The van der Waals surface area contributed by atoms with Crippen molar-refractivity contribution in [3.8, 4) is 0 Å². The summed E-state index contributed by atoms with van der Waals surface area (Å²) in [7, 11) is 0. The number of carbonyl (C=O) groups is 2. The predicted molar refractivity (Wildman–Crippen MR) is 120 cm³/mol. The third-order valence-electron chi connectivity index (χ3n) is 4.41. The van der Waals surface area contributed by atoms with E-state index in [-0.39, 0.29) is 17.6 Å². The van der Waals surface area contributed by atoms with Crippen LogP contribution in [0.1, 0.15) is 28.8 Å². The van der Waals surface area contributed by atoms with Crippen molar-refractivity contribution in [1.82, 2.24) is 4.90 Å². The molecule has 1 saturated heterocycles.